The Morgan fingerprint density at radius 1 is 1.47 bits per heavy atom. The summed E-state index contributed by atoms with van der Waals surface area (Å²) in [6, 6.07) is 6.04. The van der Waals surface area contributed by atoms with Gasteiger partial charge in [-0.2, -0.15) is 0 Å². The Hall–Kier alpha value is -1.71. The van der Waals surface area contributed by atoms with Crippen LogP contribution in [0.2, 0.25) is 0 Å². The highest BCUT2D eigenvalue weighted by Crippen LogP contribution is 2.35. The van der Waals surface area contributed by atoms with Crippen molar-refractivity contribution in [1.29, 1.82) is 0 Å². The number of nitrogens with one attached hydrogen (secondary N) is 1. The number of fused-ring (bicyclic) bond motifs is 3. The minimum Gasteiger partial charge on any atom is -0.497 e. The van der Waals surface area contributed by atoms with E-state index in [9.17, 15) is 4.79 Å². The molecule has 1 saturated heterocycles. The number of hydrogen-bond acceptors (Lipinski definition) is 3. The molecule has 1 amide bonds. The number of carbonyl (C=O) groups is 1. The first kappa shape index (κ1) is 10.4. The van der Waals surface area contributed by atoms with E-state index in [1.54, 1.807) is 7.11 Å². The van der Waals surface area contributed by atoms with Gasteiger partial charge in [0.2, 0.25) is 5.91 Å². The Bertz CT molecular complexity index is 459. The van der Waals surface area contributed by atoms with Crippen LogP contribution in [0.4, 0.5) is 5.69 Å². The zero-order valence-electron chi connectivity index (χ0n) is 9.90. The van der Waals surface area contributed by atoms with Crippen LogP contribution in [-0.4, -0.2) is 32.1 Å². The van der Waals surface area contributed by atoms with Crippen molar-refractivity contribution < 1.29 is 9.53 Å². The second-order valence-corrected chi connectivity index (χ2v) is 4.55. The van der Waals surface area contributed by atoms with Gasteiger partial charge in [0, 0.05) is 25.2 Å². The molecular weight excluding hydrogens is 216 g/mol. The summed E-state index contributed by atoms with van der Waals surface area (Å²) < 4.78 is 5.23. The maximum Gasteiger partial charge on any atom is 0.243 e. The van der Waals surface area contributed by atoms with Gasteiger partial charge in [0.15, 0.2) is 0 Å². The SMILES string of the molecule is COc1ccc2c(c1)CC1C(=O)NCCCN21. The van der Waals surface area contributed by atoms with E-state index in [1.807, 2.05) is 12.1 Å². The smallest absolute Gasteiger partial charge is 0.243 e. The Labute approximate surface area is 101 Å². The zero-order chi connectivity index (χ0) is 11.8. The van der Waals surface area contributed by atoms with Gasteiger partial charge in [-0.1, -0.05) is 0 Å². The standard InChI is InChI=1S/C13H16N2O2/c1-17-10-3-4-11-9(7-10)8-12-13(16)14-5-2-6-15(11)12/h3-4,7,12H,2,5-6,8H2,1H3,(H,14,16). The molecule has 1 atom stereocenters. The highest BCUT2D eigenvalue weighted by atomic mass is 16.5. The van der Waals surface area contributed by atoms with Gasteiger partial charge in [0.25, 0.3) is 0 Å². The van der Waals surface area contributed by atoms with Crippen molar-refractivity contribution in [2.24, 2.45) is 0 Å². The van der Waals surface area contributed by atoms with Crippen LogP contribution in [0.3, 0.4) is 0 Å². The normalized spacial score (nSPS) is 22.5. The van der Waals surface area contributed by atoms with E-state index < -0.39 is 0 Å². The fourth-order valence-electron chi connectivity index (χ4n) is 2.71. The molecular formula is C13H16N2O2. The fourth-order valence-corrected chi connectivity index (χ4v) is 2.71. The highest BCUT2D eigenvalue weighted by molar-refractivity contribution is 5.88. The van der Waals surface area contributed by atoms with Crippen LogP contribution in [0.25, 0.3) is 0 Å². The fraction of sp³-hybridized carbons (Fsp3) is 0.462. The monoisotopic (exact) mass is 232 g/mol. The van der Waals surface area contributed by atoms with Gasteiger partial charge in [-0.3, -0.25) is 4.79 Å². The van der Waals surface area contributed by atoms with Crippen LogP contribution < -0.4 is 15.0 Å². The molecule has 0 bridgehead atoms. The third-order valence-corrected chi connectivity index (χ3v) is 3.56. The number of ether oxygens (including phenoxy) is 1. The van der Waals surface area contributed by atoms with Gasteiger partial charge in [0.05, 0.1) is 7.11 Å². The van der Waals surface area contributed by atoms with Crippen molar-refractivity contribution in [1.82, 2.24) is 5.32 Å². The van der Waals surface area contributed by atoms with Crippen LogP contribution in [-0.2, 0) is 11.2 Å². The predicted octanol–water partition coefficient (Wildman–Crippen LogP) is 0.946. The lowest BCUT2D eigenvalue weighted by Gasteiger charge is -2.23. The van der Waals surface area contributed by atoms with Crippen LogP contribution in [0.1, 0.15) is 12.0 Å². The van der Waals surface area contributed by atoms with Crippen molar-refractivity contribution >= 4 is 11.6 Å². The van der Waals surface area contributed by atoms with E-state index in [4.69, 9.17) is 4.74 Å². The summed E-state index contributed by atoms with van der Waals surface area (Å²) in [5.74, 6) is 1.01. The van der Waals surface area contributed by atoms with Gasteiger partial charge in [-0.15, -0.1) is 0 Å². The molecule has 0 spiro atoms. The number of hydrogen-bond donors (Lipinski definition) is 1. The number of benzene rings is 1. The molecule has 2 heterocycles. The molecule has 0 aromatic heterocycles. The number of nitrogens with zero attached hydrogens (tertiary/aromatic N) is 1. The van der Waals surface area contributed by atoms with Crippen molar-refractivity contribution in [2.45, 2.75) is 18.9 Å². The minimum atomic E-state index is -0.0281. The van der Waals surface area contributed by atoms with Gasteiger partial charge in [0.1, 0.15) is 11.8 Å². The molecule has 1 aromatic rings. The molecule has 0 radical (unpaired) electrons. The third kappa shape index (κ3) is 1.64. The largest absolute Gasteiger partial charge is 0.497 e. The van der Waals surface area contributed by atoms with E-state index in [1.165, 1.54) is 11.3 Å². The summed E-state index contributed by atoms with van der Waals surface area (Å²) >= 11 is 0. The lowest BCUT2D eigenvalue weighted by atomic mass is 10.1. The Morgan fingerprint density at radius 3 is 3.18 bits per heavy atom. The van der Waals surface area contributed by atoms with Gasteiger partial charge >= 0.3 is 0 Å². The maximum atomic E-state index is 11.9. The molecule has 1 fully saturated rings. The molecule has 17 heavy (non-hydrogen) atoms. The molecule has 90 valence electrons. The van der Waals surface area contributed by atoms with Gasteiger partial charge in [-0.25, -0.2) is 0 Å². The summed E-state index contributed by atoms with van der Waals surface area (Å²) in [7, 11) is 1.67. The summed E-state index contributed by atoms with van der Waals surface area (Å²) in [5.41, 5.74) is 2.40. The van der Waals surface area contributed by atoms with E-state index in [0.717, 1.165) is 31.7 Å². The van der Waals surface area contributed by atoms with Crippen molar-refractivity contribution in [3.8, 4) is 5.75 Å². The molecule has 3 rings (SSSR count). The van der Waals surface area contributed by atoms with Crippen molar-refractivity contribution in [3.63, 3.8) is 0 Å². The van der Waals surface area contributed by atoms with E-state index >= 15 is 0 Å². The molecule has 0 saturated carbocycles. The van der Waals surface area contributed by atoms with E-state index in [-0.39, 0.29) is 11.9 Å². The lowest BCUT2D eigenvalue weighted by Crippen LogP contribution is -2.42. The number of rotatable bonds is 1. The predicted molar refractivity (Wildman–Crippen MR) is 65.5 cm³/mol. The molecule has 2 aliphatic heterocycles. The first-order chi connectivity index (χ1) is 8.29. The minimum absolute atomic E-state index is 0.0281. The Kier molecular flexibility index (Phi) is 2.42. The molecule has 1 unspecified atom stereocenters. The number of methoxy groups -OCH3 is 1. The number of amides is 1. The summed E-state index contributed by atoms with van der Waals surface area (Å²) in [6.07, 6.45) is 1.80. The van der Waals surface area contributed by atoms with Crippen molar-refractivity contribution in [2.75, 3.05) is 25.1 Å². The third-order valence-electron chi connectivity index (χ3n) is 3.56. The molecule has 4 heteroatoms. The summed E-state index contributed by atoms with van der Waals surface area (Å²) in [4.78, 5) is 14.2. The maximum absolute atomic E-state index is 11.9. The van der Waals surface area contributed by atoms with Gasteiger partial charge in [-0.05, 0) is 30.2 Å². The van der Waals surface area contributed by atoms with Crippen LogP contribution >= 0.6 is 0 Å². The molecule has 4 nitrogen and oxygen atoms in total. The van der Waals surface area contributed by atoms with E-state index in [0.29, 0.717) is 0 Å². The first-order valence-corrected chi connectivity index (χ1v) is 6.01. The van der Waals surface area contributed by atoms with Crippen LogP contribution in [0.15, 0.2) is 18.2 Å². The second-order valence-electron chi connectivity index (χ2n) is 4.55. The molecule has 0 aliphatic carbocycles. The first-order valence-electron chi connectivity index (χ1n) is 6.01. The van der Waals surface area contributed by atoms with Crippen LogP contribution in [0.5, 0.6) is 5.75 Å². The Balaban J connectivity index is 1.98. The number of carbonyl (C=O) groups excluding carboxylic acids is 1. The molecule has 1 aromatic carbocycles. The quantitative estimate of drug-likeness (QED) is 0.783. The van der Waals surface area contributed by atoms with E-state index in [2.05, 4.69) is 16.3 Å². The summed E-state index contributed by atoms with van der Waals surface area (Å²) in [6.45, 7) is 1.74. The second kappa shape index (κ2) is 3.95. The molecule has 2 aliphatic rings. The Morgan fingerprint density at radius 2 is 2.35 bits per heavy atom. The molecule has 1 N–H and O–H groups in total. The summed E-state index contributed by atoms with van der Waals surface area (Å²) in [5, 5.41) is 2.97. The lowest BCUT2D eigenvalue weighted by molar-refractivity contribution is -0.121. The average molecular weight is 232 g/mol. The highest BCUT2D eigenvalue weighted by Gasteiger charge is 2.35. The van der Waals surface area contributed by atoms with Crippen LogP contribution in [0, 0.1) is 0 Å². The number of anilines is 1. The van der Waals surface area contributed by atoms with Crippen molar-refractivity contribution in [3.05, 3.63) is 23.8 Å². The average Bonchev–Trinajstić information content (AvgIpc) is 2.62. The van der Waals surface area contributed by atoms with Gasteiger partial charge < -0.3 is 15.0 Å². The zero-order valence-corrected chi connectivity index (χ0v) is 9.90. The topological polar surface area (TPSA) is 41.6 Å².